The van der Waals surface area contributed by atoms with E-state index < -0.39 is 5.97 Å². The van der Waals surface area contributed by atoms with Crippen LogP contribution in [0.5, 0.6) is 5.75 Å². The van der Waals surface area contributed by atoms with Crippen molar-refractivity contribution in [3.63, 3.8) is 0 Å². The van der Waals surface area contributed by atoms with Gasteiger partial charge in [-0.15, -0.1) is 0 Å². The Hall–Kier alpha value is -2.81. The summed E-state index contributed by atoms with van der Waals surface area (Å²) in [7, 11) is 1.63. The molecule has 2 aromatic rings. The summed E-state index contributed by atoms with van der Waals surface area (Å²) < 4.78 is 5.14. The van der Waals surface area contributed by atoms with E-state index in [1.165, 1.54) is 0 Å². The van der Waals surface area contributed by atoms with Crippen LogP contribution in [0, 0.1) is 0 Å². The Labute approximate surface area is 136 Å². The first kappa shape index (κ1) is 16.6. The van der Waals surface area contributed by atoms with Crippen LogP contribution in [0.15, 0.2) is 72.3 Å². The summed E-state index contributed by atoms with van der Waals surface area (Å²) in [4.78, 5) is 11.1. The molecule has 0 saturated heterocycles. The molecule has 1 atom stereocenters. The predicted octanol–water partition coefficient (Wildman–Crippen LogP) is 4.52. The molecule has 0 amide bonds. The molecule has 2 aromatic carbocycles. The molecule has 1 unspecified atom stereocenters. The number of carboxylic acids is 1. The number of carboxylic acid groups (broad SMARTS) is 1. The molecular weight excluding hydrogens is 288 g/mol. The maximum atomic E-state index is 11.1. The van der Waals surface area contributed by atoms with Crippen molar-refractivity contribution in [2.24, 2.45) is 0 Å². The van der Waals surface area contributed by atoms with Crippen LogP contribution in [0.3, 0.4) is 0 Å². The van der Waals surface area contributed by atoms with Crippen molar-refractivity contribution in [3.05, 3.63) is 83.4 Å². The fraction of sp³-hybridized carbons (Fsp3) is 0.150. The SMILES string of the molecule is COc1ccc(C=CC(C=C(C)C(=O)O)c2ccccc2)cc1. The third-order valence-electron chi connectivity index (χ3n) is 3.56. The van der Waals surface area contributed by atoms with Gasteiger partial charge in [0.25, 0.3) is 0 Å². The number of carbonyl (C=O) groups is 1. The number of rotatable bonds is 6. The second-order valence-electron chi connectivity index (χ2n) is 5.22. The maximum absolute atomic E-state index is 11.1. The summed E-state index contributed by atoms with van der Waals surface area (Å²) in [5.41, 5.74) is 2.42. The summed E-state index contributed by atoms with van der Waals surface area (Å²) in [5.74, 6) is -0.179. The van der Waals surface area contributed by atoms with Crippen LogP contribution in [0.25, 0.3) is 6.08 Å². The van der Waals surface area contributed by atoms with Crippen molar-refractivity contribution in [3.8, 4) is 5.75 Å². The van der Waals surface area contributed by atoms with Gasteiger partial charge in [0, 0.05) is 11.5 Å². The van der Waals surface area contributed by atoms with Gasteiger partial charge in [-0.05, 0) is 30.2 Å². The van der Waals surface area contributed by atoms with E-state index in [1.54, 1.807) is 20.1 Å². The van der Waals surface area contributed by atoms with Crippen LogP contribution in [0.1, 0.15) is 24.0 Å². The standard InChI is InChI=1S/C20H20O3/c1-15(20(21)22)14-18(17-6-4-3-5-7-17)11-8-16-9-12-19(23-2)13-10-16/h3-14,18H,1-2H3,(H,21,22). The topological polar surface area (TPSA) is 46.5 Å². The second kappa shape index (κ2) is 7.99. The van der Waals surface area contributed by atoms with Crippen molar-refractivity contribution in [1.29, 1.82) is 0 Å². The summed E-state index contributed by atoms with van der Waals surface area (Å²) >= 11 is 0. The molecule has 2 rings (SSSR count). The van der Waals surface area contributed by atoms with E-state index >= 15 is 0 Å². The number of benzene rings is 2. The average molecular weight is 308 g/mol. The van der Waals surface area contributed by atoms with Crippen molar-refractivity contribution in [2.45, 2.75) is 12.8 Å². The zero-order chi connectivity index (χ0) is 16.7. The van der Waals surface area contributed by atoms with Gasteiger partial charge in [0.05, 0.1) is 7.11 Å². The Morgan fingerprint density at radius 2 is 1.74 bits per heavy atom. The third kappa shape index (κ3) is 4.85. The molecule has 0 aromatic heterocycles. The molecular formula is C20H20O3. The van der Waals surface area contributed by atoms with E-state index in [0.717, 1.165) is 16.9 Å². The molecule has 0 aliphatic heterocycles. The number of ether oxygens (including phenoxy) is 1. The van der Waals surface area contributed by atoms with Gasteiger partial charge in [0.2, 0.25) is 0 Å². The quantitative estimate of drug-likeness (QED) is 0.798. The summed E-state index contributed by atoms with van der Waals surface area (Å²) in [5, 5.41) is 9.11. The Balaban J connectivity index is 2.28. The Bertz CT molecular complexity index is 697. The normalized spacial score (nSPS) is 13.0. The molecule has 0 spiro atoms. The maximum Gasteiger partial charge on any atom is 0.330 e. The lowest BCUT2D eigenvalue weighted by Gasteiger charge is -2.09. The van der Waals surface area contributed by atoms with Gasteiger partial charge < -0.3 is 9.84 Å². The Morgan fingerprint density at radius 1 is 1.09 bits per heavy atom. The van der Waals surface area contributed by atoms with E-state index in [-0.39, 0.29) is 5.92 Å². The Morgan fingerprint density at radius 3 is 2.30 bits per heavy atom. The number of methoxy groups -OCH3 is 1. The summed E-state index contributed by atoms with van der Waals surface area (Å²) in [6, 6.07) is 17.6. The minimum absolute atomic E-state index is 0.0885. The van der Waals surface area contributed by atoms with Gasteiger partial charge in [0.1, 0.15) is 5.75 Å². The third-order valence-corrected chi connectivity index (χ3v) is 3.56. The van der Waals surface area contributed by atoms with Gasteiger partial charge in [-0.3, -0.25) is 0 Å². The number of allylic oxidation sites excluding steroid dienone is 2. The van der Waals surface area contributed by atoms with Crippen LogP contribution in [-0.4, -0.2) is 18.2 Å². The van der Waals surface area contributed by atoms with Crippen LogP contribution in [0.4, 0.5) is 0 Å². The Kier molecular flexibility index (Phi) is 5.75. The lowest BCUT2D eigenvalue weighted by Crippen LogP contribution is -2.00. The smallest absolute Gasteiger partial charge is 0.330 e. The van der Waals surface area contributed by atoms with Crippen molar-refractivity contribution in [1.82, 2.24) is 0 Å². The minimum atomic E-state index is -0.899. The highest BCUT2D eigenvalue weighted by atomic mass is 16.5. The van der Waals surface area contributed by atoms with E-state index in [1.807, 2.05) is 66.7 Å². The van der Waals surface area contributed by atoms with Gasteiger partial charge in [-0.25, -0.2) is 4.79 Å². The fourth-order valence-electron chi connectivity index (χ4n) is 2.21. The van der Waals surface area contributed by atoms with E-state index in [4.69, 9.17) is 9.84 Å². The van der Waals surface area contributed by atoms with Crippen molar-refractivity contribution >= 4 is 12.0 Å². The molecule has 0 radical (unpaired) electrons. The molecule has 23 heavy (non-hydrogen) atoms. The van der Waals surface area contributed by atoms with Crippen molar-refractivity contribution < 1.29 is 14.6 Å². The lowest BCUT2D eigenvalue weighted by atomic mass is 9.95. The van der Waals surface area contributed by atoms with Gasteiger partial charge in [0.15, 0.2) is 0 Å². The van der Waals surface area contributed by atoms with E-state index in [9.17, 15) is 4.79 Å². The van der Waals surface area contributed by atoms with Crippen LogP contribution >= 0.6 is 0 Å². The molecule has 0 bridgehead atoms. The highest BCUT2D eigenvalue weighted by molar-refractivity contribution is 5.86. The van der Waals surface area contributed by atoms with Gasteiger partial charge in [-0.2, -0.15) is 0 Å². The van der Waals surface area contributed by atoms with Crippen molar-refractivity contribution in [2.75, 3.05) is 7.11 Å². The zero-order valence-corrected chi connectivity index (χ0v) is 13.3. The first-order valence-corrected chi connectivity index (χ1v) is 7.39. The number of hydrogen-bond acceptors (Lipinski definition) is 2. The monoisotopic (exact) mass is 308 g/mol. The highest BCUT2D eigenvalue weighted by Crippen LogP contribution is 2.22. The highest BCUT2D eigenvalue weighted by Gasteiger charge is 2.08. The zero-order valence-electron chi connectivity index (χ0n) is 13.3. The summed E-state index contributed by atoms with van der Waals surface area (Å²) in [6.07, 6.45) is 5.75. The first-order chi connectivity index (χ1) is 11.1. The number of aliphatic carboxylic acids is 1. The van der Waals surface area contributed by atoms with Gasteiger partial charge in [-0.1, -0.05) is 60.7 Å². The molecule has 118 valence electrons. The molecule has 3 nitrogen and oxygen atoms in total. The lowest BCUT2D eigenvalue weighted by molar-refractivity contribution is -0.132. The predicted molar refractivity (Wildman–Crippen MR) is 92.6 cm³/mol. The average Bonchev–Trinajstić information content (AvgIpc) is 2.59. The summed E-state index contributed by atoms with van der Waals surface area (Å²) in [6.45, 7) is 1.61. The molecule has 0 fully saturated rings. The van der Waals surface area contributed by atoms with E-state index in [0.29, 0.717) is 5.57 Å². The molecule has 1 N–H and O–H groups in total. The fourth-order valence-corrected chi connectivity index (χ4v) is 2.21. The number of hydrogen-bond donors (Lipinski definition) is 1. The van der Waals surface area contributed by atoms with Crippen LogP contribution < -0.4 is 4.74 Å². The van der Waals surface area contributed by atoms with Crippen LogP contribution in [0.2, 0.25) is 0 Å². The molecule has 0 aliphatic rings. The van der Waals surface area contributed by atoms with Gasteiger partial charge >= 0.3 is 5.97 Å². The molecule has 0 heterocycles. The molecule has 0 saturated carbocycles. The largest absolute Gasteiger partial charge is 0.497 e. The molecule has 3 heteroatoms. The molecule has 0 aliphatic carbocycles. The second-order valence-corrected chi connectivity index (χ2v) is 5.22. The minimum Gasteiger partial charge on any atom is -0.497 e. The van der Waals surface area contributed by atoms with E-state index in [2.05, 4.69) is 0 Å². The first-order valence-electron chi connectivity index (χ1n) is 7.39. The van der Waals surface area contributed by atoms with Crippen LogP contribution in [-0.2, 0) is 4.79 Å².